The van der Waals surface area contributed by atoms with Gasteiger partial charge in [0, 0.05) is 31.0 Å². The number of fused-ring (bicyclic) bond motifs is 3. The number of hydrogen-bond acceptors (Lipinski definition) is 4. The van der Waals surface area contributed by atoms with Crippen molar-refractivity contribution in [2.24, 2.45) is 11.3 Å². The predicted molar refractivity (Wildman–Crippen MR) is 131 cm³/mol. The van der Waals surface area contributed by atoms with Crippen LogP contribution in [0.2, 0.25) is 0 Å². The molecule has 184 valence electrons. The molecule has 2 fully saturated rings. The van der Waals surface area contributed by atoms with Gasteiger partial charge in [-0.15, -0.1) is 0 Å². The van der Waals surface area contributed by atoms with Gasteiger partial charge in [-0.1, -0.05) is 55.5 Å². The van der Waals surface area contributed by atoms with E-state index in [4.69, 9.17) is 4.74 Å². The van der Waals surface area contributed by atoms with Crippen molar-refractivity contribution in [2.75, 3.05) is 19.7 Å². The number of carboxylic acid groups (broad SMARTS) is 1. The van der Waals surface area contributed by atoms with Crippen LogP contribution in [0.3, 0.4) is 0 Å². The van der Waals surface area contributed by atoms with E-state index in [9.17, 15) is 19.5 Å². The Morgan fingerprint density at radius 2 is 1.57 bits per heavy atom. The number of hydrogen-bond donors (Lipinski definition) is 2. The van der Waals surface area contributed by atoms with Crippen LogP contribution < -0.4 is 5.32 Å². The zero-order valence-electron chi connectivity index (χ0n) is 20.0. The minimum absolute atomic E-state index is 0.0176. The second-order valence-corrected chi connectivity index (χ2v) is 10.1. The zero-order chi connectivity index (χ0) is 24.6. The lowest BCUT2D eigenvalue weighted by Crippen LogP contribution is -2.53. The molecule has 1 heterocycles. The fraction of sp³-hybridized carbons (Fsp3) is 0.464. The quantitative estimate of drug-likeness (QED) is 0.644. The van der Waals surface area contributed by atoms with Gasteiger partial charge in [0.15, 0.2) is 0 Å². The van der Waals surface area contributed by atoms with Crippen LogP contribution in [-0.2, 0) is 14.3 Å². The SMILES string of the molecule is CCC1(C(=O)O)CCN(C(=O)C2CC(NC(=O)OCC3c4ccccc4-c4ccccc43)C2)CC1. The zero-order valence-corrected chi connectivity index (χ0v) is 20.0. The van der Waals surface area contributed by atoms with Gasteiger partial charge in [0.05, 0.1) is 5.41 Å². The van der Waals surface area contributed by atoms with Crippen molar-refractivity contribution in [3.05, 3.63) is 59.7 Å². The number of nitrogens with zero attached hydrogens (tertiary/aromatic N) is 1. The van der Waals surface area contributed by atoms with E-state index in [-0.39, 0.29) is 30.4 Å². The second-order valence-electron chi connectivity index (χ2n) is 10.1. The first kappa shape index (κ1) is 23.4. The van der Waals surface area contributed by atoms with E-state index in [1.807, 2.05) is 31.2 Å². The lowest BCUT2D eigenvalue weighted by atomic mass is 9.75. The number of aliphatic carboxylic acids is 1. The molecule has 5 rings (SSSR count). The molecule has 0 radical (unpaired) electrons. The number of benzene rings is 2. The molecule has 2 aromatic carbocycles. The third-order valence-corrected chi connectivity index (χ3v) is 8.32. The maximum Gasteiger partial charge on any atom is 0.407 e. The normalized spacial score (nSPS) is 22.5. The van der Waals surface area contributed by atoms with Gasteiger partial charge in [-0.05, 0) is 54.4 Å². The summed E-state index contributed by atoms with van der Waals surface area (Å²) < 4.78 is 5.61. The average molecular weight is 477 g/mol. The molecule has 1 aliphatic heterocycles. The van der Waals surface area contributed by atoms with Crippen molar-refractivity contribution in [2.45, 2.75) is 51.0 Å². The van der Waals surface area contributed by atoms with Gasteiger partial charge in [-0.25, -0.2) is 4.79 Å². The lowest BCUT2D eigenvalue weighted by molar-refractivity contribution is -0.156. The van der Waals surface area contributed by atoms with E-state index >= 15 is 0 Å². The fourth-order valence-corrected chi connectivity index (χ4v) is 5.88. The van der Waals surface area contributed by atoms with Gasteiger partial charge >= 0.3 is 12.1 Å². The molecule has 0 spiro atoms. The largest absolute Gasteiger partial charge is 0.481 e. The highest BCUT2D eigenvalue weighted by atomic mass is 16.5. The highest BCUT2D eigenvalue weighted by Crippen LogP contribution is 2.44. The molecular formula is C28H32N2O5. The Bertz CT molecular complexity index is 1090. The minimum atomic E-state index is -0.761. The van der Waals surface area contributed by atoms with Crippen LogP contribution in [0.15, 0.2) is 48.5 Å². The molecule has 2 aliphatic carbocycles. The van der Waals surface area contributed by atoms with E-state index < -0.39 is 17.5 Å². The Balaban J connectivity index is 1.09. The number of carbonyl (C=O) groups is 3. The molecule has 0 aromatic heterocycles. The van der Waals surface area contributed by atoms with E-state index in [1.165, 1.54) is 22.3 Å². The maximum atomic E-state index is 12.8. The molecule has 3 aliphatic rings. The Morgan fingerprint density at radius 1 is 1.00 bits per heavy atom. The Hall–Kier alpha value is -3.35. The van der Waals surface area contributed by atoms with E-state index in [0.717, 1.165) is 0 Å². The fourth-order valence-electron chi connectivity index (χ4n) is 5.88. The summed E-state index contributed by atoms with van der Waals surface area (Å²) in [6.07, 6.45) is 2.32. The van der Waals surface area contributed by atoms with Crippen molar-refractivity contribution < 1.29 is 24.2 Å². The summed E-state index contributed by atoms with van der Waals surface area (Å²) in [7, 11) is 0. The topological polar surface area (TPSA) is 95.9 Å². The van der Waals surface area contributed by atoms with Gasteiger partial charge in [-0.3, -0.25) is 9.59 Å². The number of amides is 2. The van der Waals surface area contributed by atoms with Crippen LogP contribution in [-0.4, -0.2) is 53.7 Å². The molecule has 2 N–H and O–H groups in total. The summed E-state index contributed by atoms with van der Waals surface area (Å²) in [4.78, 5) is 38.8. The first-order valence-corrected chi connectivity index (χ1v) is 12.6. The van der Waals surface area contributed by atoms with Crippen molar-refractivity contribution in [3.8, 4) is 11.1 Å². The number of nitrogens with one attached hydrogen (secondary N) is 1. The van der Waals surface area contributed by atoms with Gasteiger partial charge in [0.2, 0.25) is 5.91 Å². The number of piperidine rings is 1. The van der Waals surface area contributed by atoms with Crippen molar-refractivity contribution in [1.82, 2.24) is 10.2 Å². The summed E-state index contributed by atoms with van der Waals surface area (Å²) in [6.45, 7) is 3.14. The van der Waals surface area contributed by atoms with E-state index in [0.29, 0.717) is 45.2 Å². The summed E-state index contributed by atoms with van der Waals surface area (Å²) in [5, 5.41) is 12.5. The van der Waals surface area contributed by atoms with Crippen LogP contribution in [0.4, 0.5) is 4.79 Å². The van der Waals surface area contributed by atoms with Gasteiger partial charge in [0.25, 0.3) is 0 Å². The highest BCUT2D eigenvalue weighted by molar-refractivity contribution is 5.82. The van der Waals surface area contributed by atoms with E-state index in [2.05, 4.69) is 29.6 Å². The third kappa shape index (κ3) is 4.28. The summed E-state index contributed by atoms with van der Waals surface area (Å²) in [6, 6.07) is 16.4. The van der Waals surface area contributed by atoms with Crippen LogP contribution in [0.25, 0.3) is 11.1 Å². The molecule has 0 unspecified atom stereocenters. The molecule has 1 saturated carbocycles. The summed E-state index contributed by atoms with van der Waals surface area (Å²) in [5.41, 5.74) is 4.02. The van der Waals surface area contributed by atoms with Crippen LogP contribution in [0.5, 0.6) is 0 Å². The maximum absolute atomic E-state index is 12.8. The molecule has 0 bridgehead atoms. The Kier molecular flexibility index (Phi) is 6.26. The molecule has 7 nitrogen and oxygen atoms in total. The lowest BCUT2D eigenvalue weighted by Gasteiger charge is -2.42. The first-order valence-electron chi connectivity index (χ1n) is 12.6. The second kappa shape index (κ2) is 9.36. The summed E-state index contributed by atoms with van der Waals surface area (Å²) in [5.74, 6) is -0.786. The highest BCUT2D eigenvalue weighted by Gasteiger charge is 2.44. The van der Waals surface area contributed by atoms with Crippen molar-refractivity contribution >= 4 is 18.0 Å². The monoisotopic (exact) mass is 476 g/mol. The van der Waals surface area contributed by atoms with Crippen molar-refractivity contribution in [3.63, 3.8) is 0 Å². The molecule has 2 aromatic rings. The Morgan fingerprint density at radius 3 is 2.11 bits per heavy atom. The standard InChI is InChI=1S/C28H32N2O5/c1-2-28(26(32)33)11-13-30(14-12-28)25(31)18-15-19(16-18)29-27(34)35-17-24-22-9-5-3-7-20(22)21-8-4-6-10-23(21)24/h3-10,18-19,24H,2,11-17H2,1H3,(H,29,34)(H,32,33). The van der Waals surface area contributed by atoms with E-state index in [1.54, 1.807) is 4.90 Å². The number of carboxylic acids is 1. The number of likely N-dealkylation sites (tertiary alicyclic amines) is 1. The van der Waals surface area contributed by atoms with Gasteiger partial charge < -0.3 is 20.1 Å². The first-order chi connectivity index (χ1) is 16.9. The Labute approximate surface area is 205 Å². The molecule has 0 atom stereocenters. The molecule has 7 heteroatoms. The number of carbonyl (C=O) groups excluding carboxylic acids is 2. The smallest absolute Gasteiger partial charge is 0.407 e. The molecule has 35 heavy (non-hydrogen) atoms. The molecule has 2 amide bonds. The van der Waals surface area contributed by atoms with Gasteiger partial charge in [-0.2, -0.15) is 0 Å². The third-order valence-electron chi connectivity index (χ3n) is 8.32. The summed E-state index contributed by atoms with van der Waals surface area (Å²) >= 11 is 0. The number of ether oxygens (including phenoxy) is 1. The number of alkyl carbamates (subject to hydrolysis) is 1. The molecule has 1 saturated heterocycles. The van der Waals surface area contributed by atoms with Crippen LogP contribution in [0, 0.1) is 11.3 Å². The number of rotatable bonds is 6. The van der Waals surface area contributed by atoms with Crippen LogP contribution >= 0.6 is 0 Å². The van der Waals surface area contributed by atoms with Gasteiger partial charge in [0.1, 0.15) is 6.61 Å². The van der Waals surface area contributed by atoms with Crippen molar-refractivity contribution in [1.29, 1.82) is 0 Å². The minimum Gasteiger partial charge on any atom is -0.481 e. The predicted octanol–water partition coefficient (Wildman–Crippen LogP) is 4.41. The molecular weight excluding hydrogens is 444 g/mol. The van der Waals surface area contributed by atoms with Crippen LogP contribution in [0.1, 0.15) is 56.1 Å². The average Bonchev–Trinajstić information content (AvgIpc) is 3.18.